The lowest BCUT2D eigenvalue weighted by molar-refractivity contribution is 0.0566. The first-order chi connectivity index (χ1) is 18.7. The molecule has 3 aromatic rings. The van der Waals surface area contributed by atoms with Crippen molar-refractivity contribution < 1.29 is 21.6 Å². The largest absolute Gasteiger partial charge is 0.333 e. The summed E-state index contributed by atoms with van der Waals surface area (Å²) in [6, 6.07) is 2.64. The zero-order chi connectivity index (χ0) is 27.3. The molecule has 2 fully saturated rings. The van der Waals surface area contributed by atoms with Gasteiger partial charge in [0.05, 0.1) is 6.20 Å². The molecule has 2 atom stereocenters. The Morgan fingerprint density at radius 3 is 2.67 bits per heavy atom. The molecular formula is C24H23ClF3N7O2S2. The summed E-state index contributed by atoms with van der Waals surface area (Å²) < 4.78 is 71.9. The second kappa shape index (κ2) is 10.3. The van der Waals surface area contributed by atoms with Gasteiger partial charge in [0.25, 0.3) is 10.2 Å². The molecule has 0 radical (unpaired) electrons. The predicted octanol–water partition coefficient (Wildman–Crippen LogP) is 4.44. The van der Waals surface area contributed by atoms with Crippen molar-refractivity contribution in [1.29, 1.82) is 0 Å². The molecule has 0 bridgehead atoms. The number of hydrogen-bond donors (Lipinski definition) is 1. The first-order valence-corrected chi connectivity index (χ1v) is 14.9. The van der Waals surface area contributed by atoms with E-state index in [0.717, 1.165) is 12.8 Å². The zero-order valence-corrected chi connectivity index (χ0v) is 22.7. The van der Waals surface area contributed by atoms with Crippen LogP contribution >= 0.6 is 22.9 Å². The Balaban J connectivity index is 1.48. The number of benzene rings is 1. The molecule has 206 valence electrons. The van der Waals surface area contributed by atoms with E-state index < -0.39 is 34.7 Å². The summed E-state index contributed by atoms with van der Waals surface area (Å²) in [4.78, 5) is 11.3. The van der Waals surface area contributed by atoms with Gasteiger partial charge in [-0.1, -0.05) is 17.7 Å². The number of aromatic nitrogens is 3. The first-order valence-electron chi connectivity index (χ1n) is 12.2. The molecular weight excluding hydrogens is 575 g/mol. The fourth-order valence-corrected chi connectivity index (χ4v) is 7.65. The van der Waals surface area contributed by atoms with Crippen LogP contribution in [0.4, 0.5) is 13.2 Å². The number of aliphatic imine (C=N–C) groups is 1. The Hall–Kier alpha value is -2.78. The molecule has 0 spiro atoms. The monoisotopic (exact) mass is 597 g/mol. The number of rotatable bonds is 7. The molecule has 3 aliphatic heterocycles. The average molecular weight is 598 g/mol. The highest BCUT2D eigenvalue weighted by Crippen LogP contribution is 2.46. The predicted molar refractivity (Wildman–Crippen MR) is 141 cm³/mol. The molecule has 0 unspecified atom stereocenters. The highest BCUT2D eigenvalue weighted by Gasteiger charge is 2.42. The fourth-order valence-electron chi connectivity index (χ4n) is 5.28. The number of nitrogens with zero attached hydrogens (tertiary/aromatic N) is 6. The quantitative estimate of drug-likeness (QED) is 0.434. The maximum Gasteiger partial charge on any atom is 0.333 e. The first kappa shape index (κ1) is 26.4. The van der Waals surface area contributed by atoms with Crippen LogP contribution in [-0.2, 0) is 10.2 Å². The van der Waals surface area contributed by atoms with Gasteiger partial charge in [0.2, 0.25) is 0 Å². The van der Waals surface area contributed by atoms with Crippen molar-refractivity contribution in [1.82, 2.24) is 28.7 Å². The minimum atomic E-state index is -3.72. The Morgan fingerprint density at radius 1 is 1.21 bits per heavy atom. The third-order valence-electron chi connectivity index (χ3n) is 6.97. The van der Waals surface area contributed by atoms with E-state index in [1.54, 1.807) is 11.6 Å². The van der Waals surface area contributed by atoms with Crippen LogP contribution < -0.4 is 4.72 Å². The Morgan fingerprint density at radius 2 is 2.00 bits per heavy atom. The normalized spacial score (nSPS) is 22.2. The van der Waals surface area contributed by atoms with Crippen molar-refractivity contribution in [2.75, 3.05) is 19.6 Å². The molecule has 39 heavy (non-hydrogen) atoms. The SMILES string of the molecule is O=S(=O)(N[C@H]1CC2=C(c3cnn(C(F)F)c3)[C@H](c3ccc(F)cc3Cl)N=C(c3nccs3)N2C1)N1CCCC1. The third kappa shape index (κ3) is 4.99. The van der Waals surface area contributed by atoms with E-state index in [1.165, 1.54) is 46.2 Å². The van der Waals surface area contributed by atoms with Crippen molar-refractivity contribution >= 4 is 44.6 Å². The van der Waals surface area contributed by atoms with E-state index >= 15 is 0 Å². The van der Waals surface area contributed by atoms with Crippen LogP contribution in [0.3, 0.4) is 0 Å². The van der Waals surface area contributed by atoms with Gasteiger partial charge < -0.3 is 4.90 Å². The maximum absolute atomic E-state index is 14.0. The maximum atomic E-state index is 14.0. The van der Waals surface area contributed by atoms with Crippen LogP contribution in [0.25, 0.3) is 5.57 Å². The molecule has 9 nitrogen and oxygen atoms in total. The molecule has 0 aliphatic carbocycles. The molecule has 0 amide bonds. The molecule has 15 heteroatoms. The van der Waals surface area contributed by atoms with Gasteiger partial charge in [-0.05, 0) is 30.5 Å². The molecule has 5 heterocycles. The van der Waals surface area contributed by atoms with Gasteiger partial charge in [0, 0.05) is 71.7 Å². The number of thiazole rings is 1. The zero-order valence-electron chi connectivity index (χ0n) is 20.3. The van der Waals surface area contributed by atoms with E-state index in [4.69, 9.17) is 16.6 Å². The van der Waals surface area contributed by atoms with Gasteiger partial charge >= 0.3 is 6.55 Å². The van der Waals surface area contributed by atoms with Crippen molar-refractivity contribution in [2.45, 2.75) is 37.9 Å². The number of halogens is 4. The van der Waals surface area contributed by atoms with E-state index in [9.17, 15) is 21.6 Å². The lowest BCUT2D eigenvalue weighted by Gasteiger charge is -2.32. The summed E-state index contributed by atoms with van der Waals surface area (Å²) in [5, 5.41) is 6.33. The van der Waals surface area contributed by atoms with Crippen LogP contribution in [0.2, 0.25) is 5.02 Å². The van der Waals surface area contributed by atoms with E-state index in [1.807, 2.05) is 4.90 Å². The fraction of sp³-hybridized carbons (Fsp3) is 0.375. The second-order valence-electron chi connectivity index (χ2n) is 9.45. The van der Waals surface area contributed by atoms with E-state index in [0.29, 0.717) is 51.0 Å². The van der Waals surface area contributed by atoms with Gasteiger partial charge in [-0.25, -0.2) is 14.1 Å². The third-order valence-corrected chi connectivity index (χ3v) is 9.75. The molecule has 0 saturated carbocycles. The van der Waals surface area contributed by atoms with Crippen LogP contribution in [0.15, 0.2) is 52.9 Å². The average Bonchev–Trinajstić information content (AvgIpc) is 3.70. The Bertz CT molecular complexity index is 1550. The molecule has 3 aliphatic rings. The number of nitrogens with one attached hydrogen (secondary N) is 1. The molecule has 1 aromatic carbocycles. The minimum Gasteiger partial charge on any atom is -0.326 e. The topological polar surface area (TPSA) is 95.7 Å². The summed E-state index contributed by atoms with van der Waals surface area (Å²) in [6.45, 7) is -1.67. The van der Waals surface area contributed by atoms with Gasteiger partial charge in [-0.2, -0.15) is 31.3 Å². The summed E-state index contributed by atoms with van der Waals surface area (Å²) >= 11 is 7.84. The molecule has 2 saturated heterocycles. The highest BCUT2D eigenvalue weighted by molar-refractivity contribution is 7.87. The van der Waals surface area contributed by atoms with Crippen LogP contribution in [0.5, 0.6) is 0 Å². The van der Waals surface area contributed by atoms with Crippen LogP contribution in [0.1, 0.15) is 48.0 Å². The Labute approximate surface area is 231 Å². The lowest BCUT2D eigenvalue weighted by Crippen LogP contribution is -2.45. The summed E-state index contributed by atoms with van der Waals surface area (Å²) in [5.41, 5.74) is 2.08. The standard InChI is InChI=1S/C24H23ClF3N7O2S2/c25-18-9-15(26)3-4-17(18)21-20(14-11-30-35(12-14)24(27)28)19-10-16(32-39(36,37)33-6-1-2-7-33)13-34(19)22(31-21)23-29-5-8-38-23/h3-5,8-9,11-12,16,21,24,32H,1-2,6-7,10,13H2/t16-,21-/m0/s1. The lowest BCUT2D eigenvalue weighted by atomic mass is 9.91. The van der Waals surface area contributed by atoms with Crippen molar-refractivity contribution in [2.24, 2.45) is 4.99 Å². The van der Waals surface area contributed by atoms with Crippen molar-refractivity contribution in [3.63, 3.8) is 0 Å². The van der Waals surface area contributed by atoms with Gasteiger partial charge in [-0.15, -0.1) is 11.3 Å². The highest BCUT2D eigenvalue weighted by atomic mass is 35.5. The second-order valence-corrected chi connectivity index (χ2v) is 12.5. The minimum absolute atomic E-state index is 0.124. The van der Waals surface area contributed by atoms with Crippen LogP contribution in [0, 0.1) is 5.82 Å². The van der Waals surface area contributed by atoms with Crippen molar-refractivity contribution in [3.8, 4) is 0 Å². The van der Waals surface area contributed by atoms with Crippen molar-refractivity contribution in [3.05, 3.63) is 74.8 Å². The summed E-state index contributed by atoms with van der Waals surface area (Å²) in [7, 11) is -3.72. The molecule has 1 N–H and O–H groups in total. The summed E-state index contributed by atoms with van der Waals surface area (Å²) in [5.74, 6) is -0.0273. The summed E-state index contributed by atoms with van der Waals surface area (Å²) in [6.07, 6.45) is 6.06. The van der Waals surface area contributed by atoms with Crippen LogP contribution in [-0.4, -0.2) is 63.9 Å². The number of amidine groups is 1. The van der Waals surface area contributed by atoms with Gasteiger partial charge in [-0.3, -0.25) is 4.99 Å². The smallest absolute Gasteiger partial charge is 0.326 e. The van der Waals surface area contributed by atoms with Gasteiger partial charge in [0.15, 0.2) is 10.8 Å². The number of hydrogen-bond acceptors (Lipinski definition) is 7. The number of fused-ring (bicyclic) bond motifs is 1. The molecule has 2 aromatic heterocycles. The molecule has 6 rings (SSSR count). The number of alkyl halides is 2. The van der Waals surface area contributed by atoms with E-state index in [2.05, 4.69) is 14.8 Å². The van der Waals surface area contributed by atoms with Gasteiger partial charge in [0.1, 0.15) is 11.9 Å². The van der Waals surface area contributed by atoms with E-state index in [-0.39, 0.29) is 18.0 Å². The Kier molecular flexibility index (Phi) is 7.00.